The van der Waals surface area contributed by atoms with Crippen molar-refractivity contribution < 1.29 is 0 Å². The van der Waals surface area contributed by atoms with Crippen LogP contribution in [0.25, 0.3) is 75.9 Å². The maximum Gasteiger partial charge on any atom is 0.162 e. The molecule has 8 aromatic rings. The molecule has 0 radical (unpaired) electrons. The molecule has 8 rings (SSSR count). The Morgan fingerprint density at radius 3 is 2.00 bits per heavy atom. The molecular weight excluding hydrogens is 498 g/mol. The number of rotatable bonds is 3. The predicted octanol–water partition coefficient (Wildman–Crippen LogP) is 8.34. The van der Waals surface area contributed by atoms with Crippen molar-refractivity contribution in [1.29, 1.82) is 0 Å². The van der Waals surface area contributed by atoms with Crippen molar-refractivity contribution in [1.82, 2.24) is 24.9 Å². The first kappa shape index (κ1) is 22.0. The number of aromatic nitrogens is 5. The molecule has 5 heterocycles. The van der Waals surface area contributed by atoms with Crippen LogP contribution in [-0.4, -0.2) is 24.9 Å². The third-order valence-corrected chi connectivity index (χ3v) is 8.26. The Bertz CT molecular complexity index is 2120. The van der Waals surface area contributed by atoms with Gasteiger partial charge in [0.2, 0.25) is 0 Å². The molecule has 5 nitrogen and oxygen atoms in total. The topological polar surface area (TPSA) is 64.5 Å². The highest BCUT2D eigenvalue weighted by molar-refractivity contribution is 7.26. The molecule has 39 heavy (non-hydrogen) atoms. The van der Waals surface area contributed by atoms with E-state index in [1.807, 2.05) is 36.5 Å². The van der Waals surface area contributed by atoms with Crippen LogP contribution < -0.4 is 0 Å². The van der Waals surface area contributed by atoms with Crippen LogP contribution in [0.4, 0.5) is 0 Å². The molecular formula is C33H19N5S. The monoisotopic (exact) mass is 517 g/mol. The van der Waals surface area contributed by atoms with Crippen molar-refractivity contribution in [2.45, 2.75) is 0 Å². The minimum absolute atomic E-state index is 0.602. The van der Waals surface area contributed by atoms with Crippen molar-refractivity contribution in [3.63, 3.8) is 0 Å². The number of hydrogen-bond donors (Lipinski definition) is 0. The third-order valence-electron chi connectivity index (χ3n) is 7.06. The third kappa shape index (κ3) is 3.57. The summed E-state index contributed by atoms with van der Waals surface area (Å²) in [4.78, 5) is 23.9. The molecule has 0 amide bonds. The van der Waals surface area contributed by atoms with E-state index in [1.165, 1.54) is 20.2 Å². The number of hydrogen-bond acceptors (Lipinski definition) is 6. The highest BCUT2D eigenvalue weighted by Crippen LogP contribution is 2.41. The summed E-state index contributed by atoms with van der Waals surface area (Å²) in [6, 6.07) is 31.3. The molecule has 5 aromatic heterocycles. The molecule has 0 saturated carbocycles. The molecule has 0 aliphatic rings. The molecule has 0 spiro atoms. The Morgan fingerprint density at radius 2 is 1.21 bits per heavy atom. The van der Waals surface area contributed by atoms with Crippen LogP contribution in [0.5, 0.6) is 0 Å². The molecule has 0 aliphatic heterocycles. The molecule has 0 N–H and O–H groups in total. The van der Waals surface area contributed by atoms with Crippen LogP contribution in [0, 0.1) is 0 Å². The Labute approximate surface area is 227 Å². The van der Waals surface area contributed by atoms with E-state index in [1.54, 1.807) is 29.9 Å². The van der Waals surface area contributed by atoms with Crippen LogP contribution >= 0.6 is 11.3 Å². The number of pyridine rings is 3. The largest absolute Gasteiger partial charge is 0.264 e. The number of thiophene rings is 1. The fraction of sp³-hybridized carbons (Fsp3) is 0. The van der Waals surface area contributed by atoms with Crippen LogP contribution in [0.2, 0.25) is 0 Å². The van der Waals surface area contributed by atoms with E-state index >= 15 is 0 Å². The number of fused-ring (bicyclic) bond motifs is 7. The van der Waals surface area contributed by atoms with Gasteiger partial charge in [-0.2, -0.15) is 0 Å². The lowest BCUT2D eigenvalue weighted by Crippen LogP contribution is -1.98. The van der Waals surface area contributed by atoms with E-state index in [2.05, 4.69) is 70.6 Å². The second kappa shape index (κ2) is 8.75. The first-order valence-electron chi connectivity index (χ1n) is 12.7. The SMILES string of the molecule is c1cncc(-c2cc(-c3nc4c(ccc5c6ccccc6sc54)c4ccccc34)nc(-c3cccnc3)n2)c1. The zero-order valence-corrected chi connectivity index (χ0v) is 21.4. The average molecular weight is 518 g/mol. The van der Waals surface area contributed by atoms with E-state index < -0.39 is 0 Å². The second-order valence-corrected chi connectivity index (χ2v) is 10.4. The van der Waals surface area contributed by atoms with Gasteiger partial charge in [0.25, 0.3) is 0 Å². The van der Waals surface area contributed by atoms with Crippen molar-refractivity contribution in [2.75, 3.05) is 0 Å². The second-order valence-electron chi connectivity index (χ2n) is 9.39. The predicted molar refractivity (Wildman–Crippen MR) is 160 cm³/mol. The van der Waals surface area contributed by atoms with E-state index in [-0.39, 0.29) is 0 Å². The molecule has 182 valence electrons. The summed E-state index contributed by atoms with van der Waals surface area (Å²) < 4.78 is 2.45. The van der Waals surface area contributed by atoms with Gasteiger partial charge in [-0.1, -0.05) is 54.6 Å². The lowest BCUT2D eigenvalue weighted by atomic mass is 10.0. The van der Waals surface area contributed by atoms with E-state index in [0.29, 0.717) is 5.82 Å². The van der Waals surface area contributed by atoms with E-state index in [9.17, 15) is 0 Å². The van der Waals surface area contributed by atoms with Crippen LogP contribution in [-0.2, 0) is 0 Å². The summed E-state index contributed by atoms with van der Waals surface area (Å²) in [7, 11) is 0. The summed E-state index contributed by atoms with van der Waals surface area (Å²) >= 11 is 1.79. The van der Waals surface area contributed by atoms with Gasteiger partial charge >= 0.3 is 0 Å². The van der Waals surface area contributed by atoms with Gasteiger partial charge in [0.15, 0.2) is 5.82 Å². The highest BCUT2D eigenvalue weighted by Gasteiger charge is 2.18. The van der Waals surface area contributed by atoms with E-state index in [0.717, 1.165) is 49.9 Å². The highest BCUT2D eigenvalue weighted by atomic mass is 32.1. The standard InChI is InChI=1S/C33H19N5S/c1-2-11-24-22(9-1)25-13-14-26-23-10-3-4-12-29(23)39-32(26)31(25)38-30(24)28-17-27(20-7-5-15-34-18-20)36-33(37-28)21-8-6-16-35-19-21/h1-19H. The van der Waals surface area contributed by atoms with Gasteiger partial charge in [-0.25, -0.2) is 15.0 Å². The van der Waals surface area contributed by atoms with Crippen LogP contribution in [0.3, 0.4) is 0 Å². The summed E-state index contributed by atoms with van der Waals surface area (Å²) in [6.07, 6.45) is 7.14. The maximum atomic E-state index is 5.36. The van der Waals surface area contributed by atoms with Gasteiger partial charge in [-0.15, -0.1) is 11.3 Å². The minimum atomic E-state index is 0.602. The van der Waals surface area contributed by atoms with Gasteiger partial charge < -0.3 is 0 Å². The molecule has 0 fully saturated rings. The fourth-order valence-corrected chi connectivity index (χ4v) is 6.44. The maximum absolute atomic E-state index is 5.36. The van der Waals surface area contributed by atoms with E-state index in [4.69, 9.17) is 15.0 Å². The summed E-state index contributed by atoms with van der Waals surface area (Å²) in [5.41, 5.74) is 5.15. The average Bonchev–Trinajstić information content (AvgIpc) is 3.40. The zero-order valence-electron chi connectivity index (χ0n) is 20.6. The Morgan fingerprint density at radius 1 is 0.513 bits per heavy atom. The quantitative estimate of drug-likeness (QED) is 0.220. The smallest absolute Gasteiger partial charge is 0.162 e. The minimum Gasteiger partial charge on any atom is -0.264 e. The normalized spacial score (nSPS) is 11.6. The molecule has 0 bridgehead atoms. The lowest BCUT2D eigenvalue weighted by molar-refractivity contribution is 1.16. The van der Waals surface area contributed by atoms with Gasteiger partial charge in [0.05, 0.1) is 27.3 Å². The van der Waals surface area contributed by atoms with Crippen LogP contribution in [0.1, 0.15) is 0 Å². The molecule has 6 heteroatoms. The number of nitrogens with zero attached hydrogens (tertiary/aromatic N) is 5. The first-order valence-corrected chi connectivity index (χ1v) is 13.5. The van der Waals surface area contributed by atoms with Gasteiger partial charge in [-0.05, 0) is 41.8 Å². The molecule has 0 atom stereocenters. The summed E-state index contributed by atoms with van der Waals surface area (Å²) in [5.74, 6) is 0.602. The van der Waals surface area contributed by atoms with Gasteiger partial charge in [-0.3, -0.25) is 9.97 Å². The summed E-state index contributed by atoms with van der Waals surface area (Å²) in [6.45, 7) is 0. The summed E-state index contributed by atoms with van der Waals surface area (Å²) in [5, 5.41) is 5.84. The number of benzene rings is 3. The Kier molecular flexibility index (Phi) is 4.93. The van der Waals surface area contributed by atoms with Crippen molar-refractivity contribution in [2.24, 2.45) is 0 Å². The molecule has 0 saturated heterocycles. The fourth-order valence-electron chi connectivity index (χ4n) is 5.25. The molecule has 3 aromatic carbocycles. The first-order chi connectivity index (χ1) is 19.3. The lowest BCUT2D eigenvalue weighted by Gasteiger charge is -2.12. The van der Waals surface area contributed by atoms with Crippen molar-refractivity contribution >= 4 is 53.2 Å². The molecule has 0 unspecified atom stereocenters. The van der Waals surface area contributed by atoms with Crippen molar-refractivity contribution in [3.8, 4) is 34.0 Å². The van der Waals surface area contributed by atoms with Crippen LogP contribution in [0.15, 0.2) is 116 Å². The van der Waals surface area contributed by atoms with Gasteiger partial charge in [0.1, 0.15) is 0 Å². The van der Waals surface area contributed by atoms with Crippen molar-refractivity contribution in [3.05, 3.63) is 116 Å². The van der Waals surface area contributed by atoms with Gasteiger partial charge in [0, 0.05) is 62.2 Å². The molecule has 0 aliphatic carbocycles. The Hall–Kier alpha value is -5.07. The Balaban J connectivity index is 1.48. The zero-order chi connectivity index (χ0) is 25.8.